The molecule has 0 saturated heterocycles. The summed E-state index contributed by atoms with van der Waals surface area (Å²) in [5.74, 6) is -0.600. The zero-order valence-electron chi connectivity index (χ0n) is 15.6. The molecular weight excluding hydrogens is 362 g/mol. The highest BCUT2D eigenvalue weighted by atomic mass is 16.6. The molecule has 3 aromatic rings. The van der Waals surface area contributed by atoms with Gasteiger partial charge in [0.25, 0.3) is 17.2 Å². The highest BCUT2D eigenvalue weighted by Gasteiger charge is 2.21. The third-order valence-electron chi connectivity index (χ3n) is 4.52. The molecule has 28 heavy (non-hydrogen) atoms. The number of nitrogens with one attached hydrogen (secondary N) is 2. The topological polar surface area (TPSA) is 111 Å². The van der Waals surface area contributed by atoms with E-state index < -0.39 is 10.8 Å². The third kappa shape index (κ3) is 3.25. The number of aromatic nitrogens is 2. The lowest BCUT2D eigenvalue weighted by Crippen LogP contribution is -2.23. The van der Waals surface area contributed by atoms with Crippen molar-refractivity contribution >= 4 is 23.0 Å². The highest BCUT2D eigenvalue weighted by molar-refractivity contribution is 6.05. The molecule has 0 aliphatic heterocycles. The van der Waals surface area contributed by atoms with Crippen LogP contribution < -0.4 is 16.2 Å². The number of nitrogens with zero attached hydrogens (tertiary/aromatic N) is 3. The van der Waals surface area contributed by atoms with Gasteiger partial charge in [-0.3, -0.25) is 24.4 Å². The largest absolute Gasteiger partial charge is 0.383 e. The summed E-state index contributed by atoms with van der Waals surface area (Å²) in [6, 6.07) is 13.1. The Morgan fingerprint density at radius 2 is 1.82 bits per heavy atom. The van der Waals surface area contributed by atoms with Gasteiger partial charge in [-0.15, -0.1) is 0 Å². The SMILES string of the molecule is CNc1ccc(C(=O)Nc2c(C)n(C)n(-c3ccccc3)c2=O)cc1[N+](=O)[O-]. The number of carbonyl (C=O) groups is 1. The van der Waals surface area contributed by atoms with Gasteiger partial charge >= 0.3 is 0 Å². The van der Waals surface area contributed by atoms with Crippen LogP contribution in [0.4, 0.5) is 17.1 Å². The molecule has 0 fully saturated rings. The third-order valence-corrected chi connectivity index (χ3v) is 4.52. The van der Waals surface area contributed by atoms with Crippen molar-refractivity contribution < 1.29 is 9.72 Å². The van der Waals surface area contributed by atoms with Gasteiger partial charge in [-0.2, -0.15) is 0 Å². The monoisotopic (exact) mass is 381 g/mol. The van der Waals surface area contributed by atoms with Crippen molar-refractivity contribution in [3.05, 3.63) is 80.3 Å². The van der Waals surface area contributed by atoms with Gasteiger partial charge in [0, 0.05) is 25.7 Å². The first-order chi connectivity index (χ1) is 13.3. The maximum atomic E-state index is 12.9. The van der Waals surface area contributed by atoms with Crippen molar-refractivity contribution in [2.45, 2.75) is 6.92 Å². The lowest BCUT2D eigenvalue weighted by Gasteiger charge is -2.07. The first kappa shape index (κ1) is 18.9. The van der Waals surface area contributed by atoms with E-state index in [2.05, 4.69) is 10.6 Å². The molecule has 1 amide bonds. The van der Waals surface area contributed by atoms with Gasteiger partial charge in [0.1, 0.15) is 11.4 Å². The Kier molecular flexibility index (Phi) is 4.99. The van der Waals surface area contributed by atoms with Gasteiger partial charge in [-0.1, -0.05) is 18.2 Å². The second kappa shape index (κ2) is 7.39. The van der Waals surface area contributed by atoms with Gasteiger partial charge < -0.3 is 10.6 Å². The average molecular weight is 381 g/mol. The maximum Gasteiger partial charge on any atom is 0.295 e. The van der Waals surface area contributed by atoms with Crippen LogP contribution in [0.5, 0.6) is 0 Å². The van der Waals surface area contributed by atoms with E-state index in [9.17, 15) is 19.7 Å². The lowest BCUT2D eigenvalue weighted by atomic mass is 10.1. The summed E-state index contributed by atoms with van der Waals surface area (Å²) in [7, 11) is 3.27. The first-order valence-corrected chi connectivity index (χ1v) is 8.46. The van der Waals surface area contributed by atoms with E-state index in [0.29, 0.717) is 17.1 Å². The van der Waals surface area contributed by atoms with Crippen LogP contribution in [0.1, 0.15) is 16.1 Å². The molecule has 0 bridgehead atoms. The van der Waals surface area contributed by atoms with Crippen LogP contribution in [0, 0.1) is 17.0 Å². The van der Waals surface area contributed by atoms with Crippen LogP contribution in [0.15, 0.2) is 53.3 Å². The number of hydrogen-bond acceptors (Lipinski definition) is 5. The Morgan fingerprint density at radius 1 is 1.14 bits per heavy atom. The predicted molar refractivity (Wildman–Crippen MR) is 106 cm³/mol. The molecule has 0 saturated carbocycles. The Balaban J connectivity index is 1.99. The molecule has 0 atom stereocenters. The van der Waals surface area contributed by atoms with Crippen molar-refractivity contribution in [1.29, 1.82) is 0 Å². The summed E-state index contributed by atoms with van der Waals surface area (Å²) in [4.78, 5) is 36.1. The fourth-order valence-corrected chi connectivity index (χ4v) is 2.93. The number of carbonyl (C=O) groups excluding carboxylic acids is 1. The van der Waals surface area contributed by atoms with Gasteiger partial charge in [0.2, 0.25) is 0 Å². The van der Waals surface area contributed by atoms with Crippen LogP contribution in [0.25, 0.3) is 5.69 Å². The van der Waals surface area contributed by atoms with E-state index in [1.807, 2.05) is 18.2 Å². The molecule has 0 spiro atoms. The first-order valence-electron chi connectivity index (χ1n) is 8.46. The number of nitro groups is 1. The zero-order chi connectivity index (χ0) is 20.4. The second-order valence-corrected chi connectivity index (χ2v) is 6.13. The minimum absolute atomic E-state index is 0.0830. The van der Waals surface area contributed by atoms with Gasteiger partial charge in [0.15, 0.2) is 0 Å². The van der Waals surface area contributed by atoms with E-state index in [1.54, 1.807) is 37.8 Å². The molecule has 0 aliphatic carbocycles. The summed E-state index contributed by atoms with van der Waals surface area (Å²) in [6.07, 6.45) is 0. The highest BCUT2D eigenvalue weighted by Crippen LogP contribution is 2.25. The summed E-state index contributed by atoms with van der Waals surface area (Å²) in [5.41, 5.74) is 1.11. The van der Waals surface area contributed by atoms with Crippen molar-refractivity contribution in [1.82, 2.24) is 9.36 Å². The summed E-state index contributed by atoms with van der Waals surface area (Å²) < 4.78 is 3.08. The van der Waals surface area contributed by atoms with Crippen molar-refractivity contribution in [3.8, 4) is 5.69 Å². The van der Waals surface area contributed by atoms with E-state index in [0.717, 1.165) is 0 Å². The van der Waals surface area contributed by atoms with Crippen LogP contribution in [0.2, 0.25) is 0 Å². The van der Waals surface area contributed by atoms with Gasteiger partial charge in [-0.05, 0) is 31.2 Å². The minimum Gasteiger partial charge on any atom is -0.383 e. The number of nitro benzene ring substituents is 1. The molecule has 144 valence electrons. The van der Waals surface area contributed by atoms with E-state index in [1.165, 1.54) is 22.9 Å². The summed E-state index contributed by atoms with van der Waals surface area (Å²) in [6.45, 7) is 1.71. The Labute approximate surface area is 160 Å². The zero-order valence-corrected chi connectivity index (χ0v) is 15.6. The van der Waals surface area contributed by atoms with Crippen molar-refractivity contribution in [3.63, 3.8) is 0 Å². The minimum atomic E-state index is -0.600. The number of para-hydroxylation sites is 1. The Hall–Kier alpha value is -3.88. The Morgan fingerprint density at radius 3 is 2.43 bits per heavy atom. The van der Waals surface area contributed by atoms with Crippen molar-refractivity contribution in [2.75, 3.05) is 17.7 Å². The molecule has 3 rings (SSSR count). The summed E-state index contributed by atoms with van der Waals surface area (Å²) in [5, 5.41) is 16.5. The molecule has 9 heteroatoms. The normalized spacial score (nSPS) is 10.5. The second-order valence-electron chi connectivity index (χ2n) is 6.13. The van der Waals surface area contributed by atoms with Crippen LogP contribution >= 0.6 is 0 Å². The molecule has 1 heterocycles. The Bertz CT molecular complexity index is 1120. The van der Waals surface area contributed by atoms with Crippen LogP contribution in [-0.4, -0.2) is 27.2 Å². The van der Waals surface area contributed by atoms with Crippen LogP contribution in [-0.2, 0) is 7.05 Å². The number of rotatable bonds is 5. The van der Waals surface area contributed by atoms with Crippen molar-refractivity contribution in [2.24, 2.45) is 7.05 Å². The quantitative estimate of drug-likeness (QED) is 0.521. The molecule has 2 aromatic carbocycles. The number of anilines is 2. The lowest BCUT2D eigenvalue weighted by molar-refractivity contribution is -0.384. The van der Waals surface area contributed by atoms with Gasteiger partial charge in [0.05, 0.1) is 16.3 Å². The van der Waals surface area contributed by atoms with Gasteiger partial charge in [-0.25, -0.2) is 4.68 Å². The molecule has 9 nitrogen and oxygen atoms in total. The standard InChI is InChI=1S/C19H19N5O4/c1-12-17(19(26)23(22(12)3)14-7-5-4-6-8-14)21-18(25)13-9-10-15(20-2)16(11-13)24(27)28/h4-11,20H,1-3H3,(H,21,25). The number of hydrogen-bond donors (Lipinski definition) is 2. The van der Waals surface area contributed by atoms with E-state index in [4.69, 9.17) is 0 Å². The molecule has 0 aliphatic rings. The molecule has 0 radical (unpaired) electrons. The van der Waals surface area contributed by atoms with E-state index >= 15 is 0 Å². The smallest absolute Gasteiger partial charge is 0.295 e. The fourth-order valence-electron chi connectivity index (χ4n) is 2.93. The molecule has 2 N–H and O–H groups in total. The predicted octanol–water partition coefficient (Wildman–Crippen LogP) is 2.69. The summed E-state index contributed by atoms with van der Waals surface area (Å²) >= 11 is 0. The fraction of sp³-hybridized carbons (Fsp3) is 0.158. The van der Waals surface area contributed by atoms with Crippen LogP contribution in [0.3, 0.4) is 0 Å². The number of amides is 1. The number of benzene rings is 2. The molecule has 1 aromatic heterocycles. The average Bonchev–Trinajstić information content (AvgIpc) is 2.91. The van der Waals surface area contributed by atoms with E-state index in [-0.39, 0.29) is 22.5 Å². The maximum absolute atomic E-state index is 12.9. The molecular formula is C19H19N5O4. The molecule has 0 unspecified atom stereocenters.